The molecule has 1 aliphatic heterocycles. The van der Waals surface area contributed by atoms with Gasteiger partial charge in [0, 0.05) is 12.6 Å². The number of phenolic OH excluding ortho intramolecular Hbond substituents is 1. The van der Waals surface area contributed by atoms with Gasteiger partial charge in [0.2, 0.25) is 11.2 Å². The topological polar surface area (TPSA) is 62.9 Å². The average Bonchev–Trinajstić information content (AvgIpc) is 2.81. The Morgan fingerprint density at radius 1 is 1.08 bits per heavy atom. The Balaban J connectivity index is 1.82. The molecule has 1 saturated heterocycles. The highest BCUT2D eigenvalue weighted by Gasteiger charge is 2.41. The SMILES string of the molecule is CC[C@H]1CCCCN1Cc1c(O)ccc2c(=O)c(Oc3ccc(C(C)(C)C)cc3)c(C(F)(F)F)oc12. The van der Waals surface area contributed by atoms with E-state index in [9.17, 15) is 23.1 Å². The molecule has 0 saturated carbocycles. The van der Waals surface area contributed by atoms with Gasteiger partial charge in [-0.05, 0) is 61.1 Å². The number of phenols is 1. The lowest BCUT2D eigenvalue weighted by Crippen LogP contribution is -2.38. The molecule has 2 aromatic carbocycles. The fourth-order valence-corrected chi connectivity index (χ4v) is 4.79. The van der Waals surface area contributed by atoms with Crippen molar-refractivity contribution in [3.63, 3.8) is 0 Å². The number of likely N-dealkylation sites (tertiary alicyclic amines) is 1. The fraction of sp³-hybridized carbons (Fsp3) is 0.464. The molecule has 1 fully saturated rings. The molecule has 36 heavy (non-hydrogen) atoms. The highest BCUT2D eigenvalue weighted by molar-refractivity contribution is 5.83. The summed E-state index contributed by atoms with van der Waals surface area (Å²) in [7, 11) is 0. The quantitative estimate of drug-likeness (QED) is 0.394. The second-order valence-corrected chi connectivity index (χ2v) is 10.4. The third kappa shape index (κ3) is 5.24. The van der Waals surface area contributed by atoms with Crippen molar-refractivity contribution < 1.29 is 27.4 Å². The minimum atomic E-state index is -4.98. The van der Waals surface area contributed by atoms with E-state index in [0.717, 1.165) is 37.8 Å². The normalized spacial score (nSPS) is 17.5. The summed E-state index contributed by atoms with van der Waals surface area (Å²) < 4.78 is 53.2. The maximum absolute atomic E-state index is 14.1. The van der Waals surface area contributed by atoms with Gasteiger partial charge >= 0.3 is 6.18 Å². The molecule has 1 atom stereocenters. The number of ether oxygens (including phenoxy) is 1. The predicted octanol–water partition coefficient (Wildman–Crippen LogP) is 7.37. The number of hydrogen-bond donors (Lipinski definition) is 1. The molecule has 5 nitrogen and oxygen atoms in total. The first kappa shape index (κ1) is 26.1. The molecule has 0 amide bonds. The van der Waals surface area contributed by atoms with Crippen molar-refractivity contribution in [2.24, 2.45) is 0 Å². The maximum Gasteiger partial charge on any atom is 0.453 e. The van der Waals surface area contributed by atoms with Crippen molar-refractivity contribution in [1.82, 2.24) is 4.90 Å². The van der Waals surface area contributed by atoms with Crippen molar-refractivity contribution in [1.29, 1.82) is 0 Å². The standard InChI is InChI=1S/C28H32F3NO4/c1-5-18-8-6-7-15-32(18)16-21-22(33)14-13-20-23(34)25(26(28(29,30)31)36-24(20)21)35-19-11-9-17(10-12-19)27(2,3)4/h9-14,18,33H,5-8,15-16H2,1-4H3/t18-/m0/s1. The molecular weight excluding hydrogens is 471 g/mol. The van der Waals surface area contributed by atoms with Crippen LogP contribution in [0.5, 0.6) is 17.2 Å². The van der Waals surface area contributed by atoms with E-state index < -0.39 is 23.1 Å². The smallest absolute Gasteiger partial charge is 0.453 e. The molecule has 1 N–H and O–H groups in total. The van der Waals surface area contributed by atoms with E-state index in [0.29, 0.717) is 0 Å². The van der Waals surface area contributed by atoms with Gasteiger partial charge in [0.25, 0.3) is 5.76 Å². The van der Waals surface area contributed by atoms with Crippen LogP contribution in [0.2, 0.25) is 0 Å². The van der Waals surface area contributed by atoms with Crippen LogP contribution in [0, 0.1) is 0 Å². The van der Waals surface area contributed by atoms with Gasteiger partial charge in [-0.2, -0.15) is 13.2 Å². The van der Waals surface area contributed by atoms with Crippen molar-refractivity contribution >= 4 is 11.0 Å². The Kier molecular flexibility index (Phi) is 7.10. The summed E-state index contributed by atoms with van der Waals surface area (Å²) >= 11 is 0. The molecule has 0 radical (unpaired) electrons. The predicted molar refractivity (Wildman–Crippen MR) is 133 cm³/mol. The van der Waals surface area contributed by atoms with Crippen LogP contribution in [0.1, 0.15) is 70.3 Å². The molecule has 4 rings (SSSR count). The zero-order valence-electron chi connectivity index (χ0n) is 21.0. The van der Waals surface area contributed by atoms with Crippen molar-refractivity contribution in [2.45, 2.75) is 77.6 Å². The van der Waals surface area contributed by atoms with Crippen LogP contribution in [-0.4, -0.2) is 22.6 Å². The Morgan fingerprint density at radius 3 is 2.39 bits per heavy atom. The maximum atomic E-state index is 14.1. The first-order valence-corrected chi connectivity index (χ1v) is 12.3. The lowest BCUT2D eigenvalue weighted by molar-refractivity contribution is -0.154. The Hall–Kier alpha value is -3.00. The molecule has 0 bridgehead atoms. The Labute approximate surface area is 208 Å². The zero-order chi connectivity index (χ0) is 26.3. The number of benzene rings is 2. The van der Waals surface area contributed by atoms with Gasteiger partial charge in [0.05, 0.1) is 10.9 Å². The van der Waals surface area contributed by atoms with Crippen LogP contribution in [0.15, 0.2) is 45.6 Å². The second kappa shape index (κ2) is 9.81. The number of rotatable bonds is 5. The molecule has 8 heteroatoms. The van der Waals surface area contributed by atoms with Crippen LogP contribution in [-0.2, 0) is 18.1 Å². The van der Waals surface area contributed by atoms with E-state index in [1.54, 1.807) is 12.1 Å². The fourth-order valence-electron chi connectivity index (χ4n) is 4.79. The third-order valence-corrected chi connectivity index (χ3v) is 6.88. The van der Waals surface area contributed by atoms with Gasteiger partial charge in [-0.15, -0.1) is 0 Å². The number of piperidine rings is 1. The van der Waals surface area contributed by atoms with Gasteiger partial charge in [0.15, 0.2) is 0 Å². The lowest BCUT2D eigenvalue weighted by atomic mass is 9.87. The molecule has 0 aliphatic carbocycles. The number of fused-ring (bicyclic) bond motifs is 1. The third-order valence-electron chi connectivity index (χ3n) is 6.88. The van der Waals surface area contributed by atoms with Crippen LogP contribution >= 0.6 is 0 Å². The summed E-state index contributed by atoms with van der Waals surface area (Å²) in [6, 6.07) is 9.44. The summed E-state index contributed by atoms with van der Waals surface area (Å²) in [5.41, 5.74) is -0.198. The van der Waals surface area contributed by atoms with E-state index >= 15 is 0 Å². The molecule has 194 valence electrons. The number of aromatic hydroxyl groups is 1. The number of nitrogens with zero attached hydrogens (tertiary/aromatic N) is 1. The van der Waals surface area contributed by atoms with Crippen molar-refractivity contribution in [3.05, 3.63) is 63.5 Å². The summed E-state index contributed by atoms with van der Waals surface area (Å²) in [4.78, 5) is 15.5. The van der Waals surface area contributed by atoms with Crippen LogP contribution in [0.25, 0.3) is 11.0 Å². The van der Waals surface area contributed by atoms with Gasteiger partial charge in [-0.25, -0.2) is 0 Å². The Morgan fingerprint density at radius 2 is 1.78 bits per heavy atom. The molecule has 2 heterocycles. The summed E-state index contributed by atoms with van der Waals surface area (Å²) in [5, 5.41) is 10.5. The number of hydrogen-bond acceptors (Lipinski definition) is 5. The molecule has 1 aliphatic rings. The lowest BCUT2D eigenvalue weighted by Gasteiger charge is -2.35. The first-order valence-electron chi connectivity index (χ1n) is 12.3. The van der Waals surface area contributed by atoms with Gasteiger partial charge in [-0.1, -0.05) is 46.2 Å². The summed E-state index contributed by atoms with van der Waals surface area (Å²) in [6.45, 7) is 9.06. The van der Waals surface area contributed by atoms with Gasteiger partial charge < -0.3 is 14.3 Å². The van der Waals surface area contributed by atoms with Gasteiger partial charge in [-0.3, -0.25) is 9.69 Å². The van der Waals surface area contributed by atoms with E-state index in [2.05, 4.69) is 11.8 Å². The highest BCUT2D eigenvalue weighted by Crippen LogP contribution is 2.40. The van der Waals surface area contributed by atoms with E-state index in [-0.39, 0.29) is 46.0 Å². The van der Waals surface area contributed by atoms with Crippen molar-refractivity contribution in [2.75, 3.05) is 6.54 Å². The monoisotopic (exact) mass is 503 g/mol. The largest absolute Gasteiger partial charge is 0.507 e. The number of halogens is 3. The molecule has 1 aromatic heterocycles. The summed E-state index contributed by atoms with van der Waals surface area (Å²) in [5.74, 6) is -2.54. The van der Waals surface area contributed by atoms with Crippen LogP contribution < -0.4 is 10.2 Å². The number of alkyl halides is 3. The second-order valence-electron chi connectivity index (χ2n) is 10.4. The average molecular weight is 504 g/mol. The molecule has 0 unspecified atom stereocenters. The van der Waals surface area contributed by atoms with Crippen LogP contribution in [0.3, 0.4) is 0 Å². The van der Waals surface area contributed by atoms with Gasteiger partial charge in [0.1, 0.15) is 17.1 Å². The van der Waals surface area contributed by atoms with E-state index in [1.165, 1.54) is 24.3 Å². The minimum Gasteiger partial charge on any atom is -0.507 e. The zero-order valence-corrected chi connectivity index (χ0v) is 21.0. The van der Waals surface area contributed by atoms with E-state index in [1.807, 2.05) is 20.8 Å². The molecular formula is C28H32F3NO4. The Bertz CT molecular complexity index is 1290. The van der Waals surface area contributed by atoms with Crippen LogP contribution in [0.4, 0.5) is 13.2 Å². The molecule has 3 aromatic rings. The highest BCUT2D eigenvalue weighted by atomic mass is 19.4. The van der Waals surface area contributed by atoms with Crippen molar-refractivity contribution in [3.8, 4) is 17.2 Å². The molecule has 0 spiro atoms. The first-order chi connectivity index (χ1) is 16.9. The minimum absolute atomic E-state index is 0.0674. The summed E-state index contributed by atoms with van der Waals surface area (Å²) in [6.07, 6.45) is -1.07. The van der Waals surface area contributed by atoms with E-state index in [4.69, 9.17) is 9.15 Å².